The number of ketones is 7. The minimum absolute atomic E-state index is 0.00352. The lowest BCUT2D eigenvalue weighted by Crippen LogP contribution is -2.06. The first-order chi connectivity index (χ1) is 67.6. The number of halogens is 1. The number of aromatic nitrogens is 8. The maximum absolute atomic E-state index is 12.9. The molecule has 0 saturated heterocycles. The summed E-state index contributed by atoms with van der Waals surface area (Å²) in [6, 6.07) is 93.9. The maximum atomic E-state index is 12.9. The molecule has 0 fully saturated rings. The van der Waals surface area contributed by atoms with Crippen LogP contribution in [0.5, 0.6) is 34.5 Å². The number of carbonyl (C=O) groups is 8. The molecule has 139 heavy (non-hydrogen) atoms. The first-order valence-electron chi connectivity index (χ1n) is 42.1. The molecule has 0 bridgehead atoms. The van der Waals surface area contributed by atoms with Crippen LogP contribution in [0.3, 0.4) is 0 Å². The number of thiazole rings is 8. The van der Waals surface area contributed by atoms with E-state index in [2.05, 4.69) is 61.1 Å². The number of para-hydroxylation sites is 8. The van der Waals surface area contributed by atoms with Gasteiger partial charge in [-0.3, -0.25) is 38.4 Å². The van der Waals surface area contributed by atoms with Gasteiger partial charge in [0.1, 0.15) is 22.8 Å². The maximum Gasteiger partial charge on any atom is 0.250 e. The highest BCUT2D eigenvalue weighted by atomic mass is 79.9. The first kappa shape index (κ1) is 97.2. The Bertz CT molecular complexity index is 7750. The van der Waals surface area contributed by atoms with Gasteiger partial charge < -0.3 is 33.7 Å². The van der Waals surface area contributed by atoms with Crippen LogP contribution >= 0.6 is 118 Å². The van der Waals surface area contributed by atoms with Crippen molar-refractivity contribution in [1.82, 2.24) is 39.9 Å². The van der Waals surface area contributed by atoms with Crippen LogP contribution in [0.1, 0.15) is 119 Å². The quantitative estimate of drug-likeness (QED) is 0.0653. The number of carbonyl (C=O) groups excluding carboxylic acids is 8. The third-order valence-corrected chi connectivity index (χ3v) is 30.1. The highest BCUT2D eigenvalue weighted by Gasteiger charge is 2.27. The monoisotopic (exact) mass is 2070 g/mol. The number of aryl methyl sites for hydroxylation is 1. The van der Waals surface area contributed by atoms with E-state index in [1.165, 1.54) is 145 Å². The van der Waals surface area contributed by atoms with E-state index in [9.17, 15) is 38.4 Å². The van der Waals surface area contributed by atoms with Gasteiger partial charge in [-0.25, -0.2) is 39.9 Å². The average molecular weight is 2070 g/mol. The van der Waals surface area contributed by atoms with Crippen LogP contribution in [0.4, 0.5) is 5.69 Å². The summed E-state index contributed by atoms with van der Waals surface area (Å²) in [5.74, 6) is 1.93. The van der Waals surface area contributed by atoms with Gasteiger partial charge in [-0.2, -0.15) is 0 Å². The minimum atomic E-state index is -0.234. The van der Waals surface area contributed by atoms with Crippen molar-refractivity contribution in [2.75, 3.05) is 48.0 Å². The summed E-state index contributed by atoms with van der Waals surface area (Å²) in [6.45, 7) is 3.45. The molecule has 1 amide bonds. The van der Waals surface area contributed by atoms with Gasteiger partial charge in [0.15, 0.2) is 51.6 Å². The van der Waals surface area contributed by atoms with E-state index < -0.39 is 0 Å². The Balaban J connectivity index is 0.000000117. The third-order valence-electron chi connectivity index (χ3n) is 20.4. The summed E-state index contributed by atoms with van der Waals surface area (Å²) < 4.78 is 40.8. The first-order valence-corrected chi connectivity index (χ1v) is 50.3. The SMILES string of the molecule is CC(=O)Nc1ccc(C(=O)c2nc3ccccc3s2)cc1.COc1cc(C(=O)c2nc3ccccc3s2)cc(OC)c1OC.COc1cc(OC)c(C(=O)c2nc3ccccc3s2)c(OC)c1.Cc1ccc(C(=O)c2nc3ccccc3s2)cc1.O=C(c1ccc(Br)cc1)c1nc2ccccc2s1.O=C(c1cccs1)c1nc2ccccc2s1.O=C(c1nc2ccccc2s1)c1nc2ccccc2s1. The van der Waals surface area contributed by atoms with Gasteiger partial charge in [0, 0.05) is 51.5 Å². The highest BCUT2D eigenvalue weighted by Crippen LogP contribution is 2.42. The molecule has 0 saturated carbocycles. The molecule has 690 valence electrons. The Morgan fingerprint density at radius 2 is 0.547 bits per heavy atom. The molecule has 0 spiro atoms. The highest BCUT2D eigenvalue weighted by molar-refractivity contribution is 9.10. The van der Waals surface area contributed by atoms with E-state index in [1.54, 1.807) is 67.8 Å². The van der Waals surface area contributed by atoms with Crippen molar-refractivity contribution >= 4 is 252 Å². The Hall–Kier alpha value is -14.9. The van der Waals surface area contributed by atoms with Gasteiger partial charge in [-0.1, -0.05) is 149 Å². The molecule has 9 heterocycles. The standard InChI is InChI=1S/2C17H15NO4S.C16H12N2O2S.C15H8N2OS2.C15H11NOS.C14H8BrNOS.C12H7NOS2/c1-20-10-8-12(21-2)15(13(9-10)22-3)16(19)17-18-11-6-4-5-7-14(11)23-17;1-20-12-8-10(9-13(21-2)16(12)22-3)15(19)17-18-11-6-4-5-7-14(11)23-17;1-10(19)17-12-8-6-11(7-9-12)15(20)16-18-13-4-2-3-5-14(13)21-16;18-13(14-16-9-5-1-3-7-11(9)19-14)15-17-10-6-2-4-8-12(10)20-15;1-10-6-8-11(9-7-10)14(17)15-16-12-4-2-3-5-13(12)18-15;15-10-7-5-9(6-8-10)13(17)14-16-11-3-1-2-4-12(11)18-14;14-11(10-6-3-7-15-10)12-13-8-4-1-2-5-9(8)16-12/h2*4-9H,1-3H3;2-9H,1H3,(H,17,19);1-8H;2-9H,1H3;1-8H;1-7H. The Morgan fingerprint density at radius 3 is 0.820 bits per heavy atom. The van der Waals surface area contributed by atoms with Crippen molar-refractivity contribution in [2.24, 2.45) is 0 Å². The molecule has 0 unspecified atom stereocenters. The Labute approximate surface area is 838 Å². The largest absolute Gasteiger partial charge is 0.496 e. The number of hydrogen-bond donors (Lipinski definition) is 1. The zero-order valence-electron chi connectivity index (χ0n) is 74.8. The summed E-state index contributed by atoms with van der Waals surface area (Å²) >= 11 is 16.1. The fourth-order valence-electron chi connectivity index (χ4n) is 13.6. The summed E-state index contributed by atoms with van der Waals surface area (Å²) in [5, 5.41) is 8.55. The second-order valence-corrected chi connectivity index (χ2v) is 39.7. The van der Waals surface area contributed by atoms with Crippen LogP contribution in [0, 0.1) is 6.92 Å². The van der Waals surface area contributed by atoms with Crippen molar-refractivity contribution in [1.29, 1.82) is 0 Å². The lowest BCUT2D eigenvalue weighted by molar-refractivity contribution is -0.114. The molecule has 0 radical (unpaired) electrons. The minimum Gasteiger partial charge on any atom is -0.496 e. The molecular formula is C106H76BrN9O14S9. The molecule has 0 atom stereocenters. The molecule has 0 aliphatic rings. The Morgan fingerprint density at radius 1 is 0.273 bits per heavy atom. The van der Waals surface area contributed by atoms with E-state index in [4.69, 9.17) is 28.4 Å². The molecule has 22 aromatic rings. The molecular weight excluding hydrogens is 1990 g/mol. The van der Waals surface area contributed by atoms with E-state index >= 15 is 0 Å². The molecule has 1 N–H and O–H groups in total. The Kier molecular flexibility index (Phi) is 31.7. The number of fused-ring (bicyclic) bond motifs is 8. The molecule has 13 aromatic carbocycles. The number of rotatable bonds is 21. The van der Waals surface area contributed by atoms with Crippen LogP contribution in [0.15, 0.2) is 313 Å². The number of methoxy groups -OCH3 is 6. The van der Waals surface area contributed by atoms with E-state index in [0.29, 0.717) is 108 Å². The number of anilines is 1. The summed E-state index contributed by atoms with van der Waals surface area (Å²) in [6.07, 6.45) is 0. The second kappa shape index (κ2) is 45.4. The fraction of sp³-hybridized carbons (Fsp3) is 0.0755. The molecule has 0 aliphatic heterocycles. The average Bonchev–Trinajstić information content (AvgIpc) is 1.62. The van der Waals surface area contributed by atoms with Crippen LogP contribution in [0.2, 0.25) is 0 Å². The van der Waals surface area contributed by atoms with Crippen LogP contribution < -0.4 is 33.7 Å². The van der Waals surface area contributed by atoms with E-state index in [1.807, 2.05) is 255 Å². The van der Waals surface area contributed by atoms with Crippen molar-refractivity contribution in [2.45, 2.75) is 13.8 Å². The van der Waals surface area contributed by atoms with E-state index in [-0.39, 0.29) is 46.4 Å². The lowest BCUT2D eigenvalue weighted by atomic mass is 10.1. The van der Waals surface area contributed by atoms with Crippen LogP contribution in [-0.4, -0.2) is 129 Å². The predicted molar refractivity (Wildman–Crippen MR) is 564 cm³/mol. The van der Waals surface area contributed by atoms with Crippen molar-refractivity contribution in [3.05, 3.63) is 391 Å². The van der Waals surface area contributed by atoms with Crippen molar-refractivity contribution < 1.29 is 66.8 Å². The summed E-state index contributed by atoms with van der Waals surface area (Å²) in [5.41, 5.74) is 11.4. The van der Waals surface area contributed by atoms with Crippen LogP contribution in [-0.2, 0) is 4.79 Å². The number of benzene rings is 13. The molecule has 23 nitrogen and oxygen atoms in total. The normalized spacial score (nSPS) is 10.7. The van der Waals surface area contributed by atoms with Gasteiger partial charge in [0.05, 0.1) is 129 Å². The van der Waals surface area contributed by atoms with E-state index in [0.717, 1.165) is 96.6 Å². The second-order valence-electron chi connectivity index (χ2n) is 29.6. The van der Waals surface area contributed by atoms with Gasteiger partial charge in [-0.05, 0) is 176 Å². The molecule has 0 aliphatic carbocycles. The topological polar surface area (TPSA) is 307 Å². The van der Waals surface area contributed by atoms with Crippen LogP contribution in [0.25, 0.3) is 81.7 Å². The zero-order valence-corrected chi connectivity index (χ0v) is 83.7. The van der Waals surface area contributed by atoms with Gasteiger partial charge in [-0.15, -0.1) is 102 Å². The van der Waals surface area contributed by atoms with Gasteiger partial charge in [0.25, 0.3) is 0 Å². The third kappa shape index (κ3) is 23.4. The number of nitrogens with zero attached hydrogens (tertiary/aromatic N) is 8. The summed E-state index contributed by atoms with van der Waals surface area (Å²) in [7, 11) is 9.11. The van der Waals surface area contributed by atoms with Crippen molar-refractivity contribution in [3.8, 4) is 34.5 Å². The number of hydrogen-bond acceptors (Lipinski definition) is 31. The number of thiophene rings is 1. The smallest absolute Gasteiger partial charge is 0.250 e. The predicted octanol–water partition coefficient (Wildman–Crippen LogP) is 26.4. The number of nitrogens with one attached hydrogen (secondary N) is 1. The molecule has 22 rings (SSSR count). The zero-order chi connectivity index (χ0) is 97.2. The lowest BCUT2D eigenvalue weighted by Gasteiger charge is -2.13. The molecule has 33 heteroatoms. The summed E-state index contributed by atoms with van der Waals surface area (Å²) in [4.78, 5) is 134. The van der Waals surface area contributed by atoms with Gasteiger partial charge in [0.2, 0.25) is 52.1 Å². The van der Waals surface area contributed by atoms with Gasteiger partial charge >= 0.3 is 0 Å². The molecule has 9 aromatic heterocycles. The number of amides is 1. The van der Waals surface area contributed by atoms with Crippen molar-refractivity contribution in [3.63, 3.8) is 0 Å². The fourth-order valence-corrected chi connectivity index (χ4v) is 22.0. The number of ether oxygens (including phenoxy) is 6.